The Labute approximate surface area is 214 Å². The average Bonchev–Trinajstić information content (AvgIpc) is 3.15. The maximum Gasteiger partial charge on any atom is 0.267 e. The van der Waals surface area contributed by atoms with Gasteiger partial charge in [0.1, 0.15) is 15.8 Å². The fourth-order valence-corrected chi connectivity index (χ4v) is 5.95. The van der Waals surface area contributed by atoms with E-state index in [0.717, 1.165) is 38.6 Å². The van der Waals surface area contributed by atoms with Gasteiger partial charge in [-0.3, -0.25) is 18.9 Å². The molecule has 2 aromatic heterocycles. The van der Waals surface area contributed by atoms with E-state index in [2.05, 4.69) is 30.0 Å². The minimum Gasteiger partial charge on any atom is -0.351 e. The van der Waals surface area contributed by atoms with Crippen molar-refractivity contribution in [3.8, 4) is 0 Å². The summed E-state index contributed by atoms with van der Waals surface area (Å²) in [6.07, 6.45) is 8.58. The number of anilines is 1. The number of amides is 1. The second-order valence-electron chi connectivity index (χ2n) is 8.92. The van der Waals surface area contributed by atoms with Crippen LogP contribution < -0.4 is 10.5 Å². The molecule has 2 aliphatic heterocycles. The number of thiocarbonyl (C=S) groups is 1. The van der Waals surface area contributed by atoms with Gasteiger partial charge in [-0.05, 0) is 42.2 Å². The third-order valence-electron chi connectivity index (χ3n) is 6.56. The van der Waals surface area contributed by atoms with E-state index in [4.69, 9.17) is 17.2 Å². The van der Waals surface area contributed by atoms with Crippen LogP contribution in [0.4, 0.5) is 5.82 Å². The molecule has 0 bridgehead atoms. The van der Waals surface area contributed by atoms with E-state index < -0.39 is 0 Å². The van der Waals surface area contributed by atoms with E-state index >= 15 is 0 Å². The number of nitrogens with zero attached hydrogens (tertiary/aromatic N) is 4. The first kappa shape index (κ1) is 23.8. The number of aromatic nitrogens is 2. The Morgan fingerprint density at radius 3 is 2.69 bits per heavy atom. The lowest BCUT2D eigenvalue weighted by Gasteiger charge is -2.30. The number of pyridine rings is 1. The van der Waals surface area contributed by atoms with Gasteiger partial charge < -0.3 is 4.90 Å². The number of carbonyl (C=O) groups is 1. The topological polar surface area (TPSA) is 57.9 Å². The zero-order valence-electron chi connectivity index (χ0n) is 19.8. The highest BCUT2D eigenvalue weighted by Gasteiger charge is 2.32. The molecule has 1 aromatic carbocycles. The minimum atomic E-state index is -0.183. The van der Waals surface area contributed by atoms with Crippen molar-refractivity contribution < 1.29 is 4.79 Å². The van der Waals surface area contributed by atoms with Crippen LogP contribution in [-0.2, 0) is 17.8 Å². The molecule has 0 atom stereocenters. The zero-order valence-corrected chi connectivity index (χ0v) is 21.4. The highest BCUT2D eigenvalue weighted by molar-refractivity contribution is 8.26. The third kappa shape index (κ3) is 4.77. The zero-order chi connectivity index (χ0) is 24.4. The van der Waals surface area contributed by atoms with Crippen molar-refractivity contribution in [2.45, 2.75) is 45.6 Å². The summed E-state index contributed by atoms with van der Waals surface area (Å²) in [4.78, 5) is 36.0. The van der Waals surface area contributed by atoms with Gasteiger partial charge in [-0.2, -0.15) is 0 Å². The van der Waals surface area contributed by atoms with Gasteiger partial charge in [0, 0.05) is 25.8 Å². The van der Waals surface area contributed by atoms with Crippen molar-refractivity contribution in [3.63, 3.8) is 0 Å². The molecule has 0 saturated carbocycles. The quantitative estimate of drug-likeness (QED) is 0.255. The summed E-state index contributed by atoms with van der Waals surface area (Å²) in [6, 6.07) is 13.9. The Hall–Kier alpha value is -2.97. The van der Waals surface area contributed by atoms with Crippen molar-refractivity contribution in [1.82, 2.24) is 14.3 Å². The Morgan fingerprint density at radius 2 is 1.86 bits per heavy atom. The van der Waals surface area contributed by atoms with E-state index in [-0.39, 0.29) is 11.5 Å². The Balaban J connectivity index is 1.53. The number of thioether (sulfide) groups is 1. The molecule has 1 saturated heterocycles. The minimum absolute atomic E-state index is 0.121. The second kappa shape index (κ2) is 10.3. The summed E-state index contributed by atoms with van der Waals surface area (Å²) in [5.74, 6) is 0.493. The van der Waals surface area contributed by atoms with Crippen LogP contribution >= 0.6 is 24.0 Å². The molecule has 4 heterocycles. The number of benzene rings is 1. The molecule has 0 spiro atoms. The number of fused-ring (bicyclic) bond motifs is 2. The van der Waals surface area contributed by atoms with Crippen molar-refractivity contribution in [3.05, 3.63) is 80.6 Å². The molecule has 180 valence electrons. The average molecular weight is 505 g/mol. The lowest BCUT2D eigenvalue weighted by Crippen LogP contribution is -2.34. The molecule has 2 aliphatic rings. The Bertz CT molecular complexity index is 1380. The Kier molecular flexibility index (Phi) is 7.02. The van der Waals surface area contributed by atoms with E-state index in [0.29, 0.717) is 39.3 Å². The van der Waals surface area contributed by atoms with Crippen LogP contribution in [0.25, 0.3) is 11.7 Å². The molecule has 8 heteroatoms. The molecule has 0 aliphatic carbocycles. The molecular weight excluding hydrogens is 476 g/mol. The van der Waals surface area contributed by atoms with Gasteiger partial charge in [0.15, 0.2) is 0 Å². The molecule has 0 unspecified atom stereocenters. The van der Waals surface area contributed by atoms with Gasteiger partial charge in [0.05, 0.1) is 10.5 Å². The van der Waals surface area contributed by atoms with E-state index in [1.165, 1.54) is 22.9 Å². The number of hydrogen-bond acceptors (Lipinski definition) is 6. The van der Waals surface area contributed by atoms with Crippen molar-refractivity contribution in [2.75, 3.05) is 18.0 Å². The summed E-state index contributed by atoms with van der Waals surface area (Å²) >= 11 is 6.79. The third-order valence-corrected chi connectivity index (χ3v) is 7.94. The van der Waals surface area contributed by atoms with Crippen molar-refractivity contribution >= 4 is 51.7 Å². The van der Waals surface area contributed by atoms with Crippen molar-refractivity contribution in [2.24, 2.45) is 0 Å². The normalized spacial score (nSPS) is 17.0. The van der Waals surface area contributed by atoms with Crippen LogP contribution in [0.5, 0.6) is 0 Å². The van der Waals surface area contributed by atoms with E-state index in [9.17, 15) is 9.59 Å². The molecular formula is C27H28N4O2S2. The molecule has 1 amide bonds. The summed E-state index contributed by atoms with van der Waals surface area (Å²) in [5.41, 5.74) is 3.40. The van der Waals surface area contributed by atoms with Gasteiger partial charge in [-0.15, -0.1) is 0 Å². The molecule has 3 aromatic rings. The van der Waals surface area contributed by atoms with Gasteiger partial charge in [-0.1, -0.05) is 80.5 Å². The molecule has 0 radical (unpaired) electrons. The van der Waals surface area contributed by atoms with Gasteiger partial charge >= 0.3 is 0 Å². The van der Waals surface area contributed by atoms with Crippen LogP contribution in [0.3, 0.4) is 0 Å². The largest absolute Gasteiger partial charge is 0.351 e. The number of carbonyl (C=O) groups excluding carboxylic acids is 1. The fraction of sp³-hybridized carbons (Fsp3) is 0.333. The molecule has 1 fully saturated rings. The SMILES string of the molecule is CCCCCCN1C(=O)C(=Cc2c(N3CCc4ccccc4C3)nc3ccccn3c2=O)SC1=S. The maximum absolute atomic E-state index is 13.6. The maximum atomic E-state index is 13.6. The van der Waals surface area contributed by atoms with Gasteiger partial charge in [-0.25, -0.2) is 4.98 Å². The first-order valence-corrected chi connectivity index (χ1v) is 13.4. The highest BCUT2D eigenvalue weighted by atomic mass is 32.2. The second-order valence-corrected chi connectivity index (χ2v) is 10.6. The van der Waals surface area contributed by atoms with Gasteiger partial charge in [0.25, 0.3) is 11.5 Å². The predicted octanol–water partition coefficient (Wildman–Crippen LogP) is 5.04. The molecule has 35 heavy (non-hydrogen) atoms. The van der Waals surface area contributed by atoms with Crippen LogP contribution in [-0.4, -0.2) is 37.6 Å². The summed E-state index contributed by atoms with van der Waals surface area (Å²) in [5, 5.41) is 0. The first-order valence-electron chi connectivity index (χ1n) is 12.2. The summed E-state index contributed by atoms with van der Waals surface area (Å²) in [6.45, 7) is 4.21. The first-order chi connectivity index (χ1) is 17.1. The molecule has 5 rings (SSSR count). The van der Waals surface area contributed by atoms with E-state index in [1.54, 1.807) is 21.6 Å². The van der Waals surface area contributed by atoms with Gasteiger partial charge in [0.2, 0.25) is 0 Å². The standard InChI is InChI=1S/C27H28N4O2S2/c1-2-3-4-8-15-31-26(33)22(35-27(31)34)17-21-24(28-23-12-7-9-14-30(23)25(21)32)29-16-13-19-10-5-6-11-20(19)18-29/h5-7,9-12,14,17H,2-4,8,13,15-16,18H2,1H3. The number of hydrogen-bond donors (Lipinski definition) is 0. The summed E-state index contributed by atoms with van der Waals surface area (Å²) in [7, 11) is 0. The highest BCUT2D eigenvalue weighted by Crippen LogP contribution is 2.34. The monoisotopic (exact) mass is 504 g/mol. The van der Waals surface area contributed by atoms with Crippen molar-refractivity contribution in [1.29, 1.82) is 0 Å². The molecule has 0 N–H and O–H groups in total. The van der Waals surface area contributed by atoms with Crippen LogP contribution in [0.15, 0.2) is 58.4 Å². The number of unbranched alkanes of at least 4 members (excludes halogenated alkanes) is 3. The fourth-order valence-electron chi connectivity index (χ4n) is 4.66. The number of rotatable bonds is 7. The van der Waals surface area contributed by atoms with Crippen LogP contribution in [0.1, 0.15) is 49.3 Å². The van der Waals surface area contributed by atoms with Crippen LogP contribution in [0, 0.1) is 0 Å². The van der Waals surface area contributed by atoms with Crippen LogP contribution in [0.2, 0.25) is 0 Å². The predicted molar refractivity (Wildman–Crippen MR) is 147 cm³/mol. The lowest BCUT2D eigenvalue weighted by molar-refractivity contribution is -0.122. The Morgan fingerprint density at radius 1 is 1.06 bits per heavy atom. The van der Waals surface area contributed by atoms with E-state index in [1.807, 2.05) is 24.3 Å². The summed E-state index contributed by atoms with van der Waals surface area (Å²) < 4.78 is 2.10. The molecule has 6 nitrogen and oxygen atoms in total. The smallest absolute Gasteiger partial charge is 0.267 e. The lowest BCUT2D eigenvalue weighted by atomic mass is 9.99.